The second-order valence-corrected chi connectivity index (χ2v) is 5.27. The first-order chi connectivity index (χ1) is 9.60. The average Bonchev–Trinajstić information content (AvgIpc) is 2.43. The summed E-state index contributed by atoms with van der Waals surface area (Å²) in [5.74, 6) is 0.452. The third-order valence-electron chi connectivity index (χ3n) is 2.49. The average molecular weight is 356 g/mol. The van der Waals surface area contributed by atoms with Gasteiger partial charge in [0.25, 0.3) is 0 Å². The van der Waals surface area contributed by atoms with Gasteiger partial charge >= 0.3 is 5.97 Å². The molecule has 2 aromatic rings. The number of rotatable bonds is 4. The van der Waals surface area contributed by atoms with Gasteiger partial charge in [0.15, 0.2) is 0 Å². The summed E-state index contributed by atoms with van der Waals surface area (Å²) < 4.78 is 11.5. The van der Waals surface area contributed by atoms with Crippen molar-refractivity contribution in [3.8, 4) is 11.5 Å². The number of hydrogen-bond acceptors (Lipinski definition) is 3. The maximum atomic E-state index is 12.2. The molecular weight excluding hydrogens is 344 g/mol. The third-order valence-corrected chi connectivity index (χ3v) is 3.23. The summed E-state index contributed by atoms with van der Waals surface area (Å²) in [6.07, 6.45) is 0. The topological polar surface area (TPSA) is 35.5 Å². The molecule has 0 aliphatic heterocycles. The van der Waals surface area contributed by atoms with E-state index < -0.39 is 5.97 Å². The molecule has 0 aliphatic carbocycles. The molecule has 0 unspecified atom stereocenters. The molecule has 0 spiro atoms. The summed E-state index contributed by atoms with van der Waals surface area (Å²) in [6.45, 7) is 2.33. The van der Waals surface area contributed by atoms with E-state index in [4.69, 9.17) is 21.1 Å². The first-order valence-corrected chi connectivity index (χ1v) is 7.17. The van der Waals surface area contributed by atoms with Crippen molar-refractivity contribution < 1.29 is 14.3 Å². The Kier molecular flexibility index (Phi) is 5.04. The minimum atomic E-state index is -0.475. The van der Waals surface area contributed by atoms with Crippen LogP contribution in [0.2, 0.25) is 5.02 Å². The zero-order valence-corrected chi connectivity index (χ0v) is 13.1. The van der Waals surface area contributed by atoms with Crippen LogP contribution in [0.1, 0.15) is 17.3 Å². The number of carbonyl (C=O) groups excluding carboxylic acids is 1. The zero-order chi connectivity index (χ0) is 14.5. The van der Waals surface area contributed by atoms with Crippen molar-refractivity contribution in [3.63, 3.8) is 0 Å². The molecule has 5 heteroatoms. The molecule has 0 amide bonds. The Morgan fingerprint density at radius 2 is 1.90 bits per heavy atom. The maximum Gasteiger partial charge on any atom is 0.347 e. The fraction of sp³-hybridized carbons (Fsp3) is 0.133. The van der Waals surface area contributed by atoms with Crippen molar-refractivity contribution in [3.05, 3.63) is 57.5 Å². The molecule has 104 valence electrons. The van der Waals surface area contributed by atoms with E-state index in [1.54, 1.807) is 36.4 Å². The van der Waals surface area contributed by atoms with Gasteiger partial charge in [-0.1, -0.05) is 27.5 Å². The molecule has 0 aromatic heterocycles. The van der Waals surface area contributed by atoms with Gasteiger partial charge in [-0.05, 0) is 49.4 Å². The van der Waals surface area contributed by atoms with Crippen LogP contribution in [0.15, 0.2) is 46.9 Å². The second-order valence-electron chi connectivity index (χ2n) is 3.92. The normalized spacial score (nSPS) is 10.2. The molecule has 2 aromatic carbocycles. The van der Waals surface area contributed by atoms with E-state index in [0.717, 1.165) is 4.47 Å². The lowest BCUT2D eigenvalue weighted by atomic mass is 10.2. The van der Waals surface area contributed by atoms with Crippen LogP contribution in [0, 0.1) is 0 Å². The van der Waals surface area contributed by atoms with E-state index in [2.05, 4.69) is 15.9 Å². The summed E-state index contributed by atoms with van der Waals surface area (Å²) >= 11 is 9.12. The van der Waals surface area contributed by atoms with Gasteiger partial charge < -0.3 is 9.47 Å². The van der Waals surface area contributed by atoms with Crippen LogP contribution in [0.25, 0.3) is 0 Å². The van der Waals surface area contributed by atoms with Crippen LogP contribution in [0.3, 0.4) is 0 Å². The fourth-order valence-corrected chi connectivity index (χ4v) is 2.09. The highest BCUT2D eigenvalue weighted by Gasteiger charge is 2.15. The number of esters is 1. The van der Waals surface area contributed by atoms with E-state index in [0.29, 0.717) is 28.7 Å². The van der Waals surface area contributed by atoms with E-state index in [1.165, 1.54) is 0 Å². The Labute approximate surface area is 130 Å². The SMILES string of the molecule is CCOc1ccc(Br)cc1C(=O)Oc1ccc(Cl)cc1. The molecule has 3 nitrogen and oxygen atoms in total. The minimum Gasteiger partial charge on any atom is -0.493 e. The van der Waals surface area contributed by atoms with E-state index in [9.17, 15) is 4.79 Å². The number of carbonyl (C=O) groups is 1. The molecule has 0 atom stereocenters. The van der Waals surface area contributed by atoms with E-state index >= 15 is 0 Å². The molecule has 0 saturated carbocycles. The predicted molar refractivity (Wildman–Crippen MR) is 81.7 cm³/mol. The van der Waals surface area contributed by atoms with Crippen LogP contribution in [0.4, 0.5) is 0 Å². The zero-order valence-electron chi connectivity index (χ0n) is 10.7. The summed E-state index contributed by atoms with van der Waals surface area (Å²) in [5.41, 5.74) is 0.371. The molecular formula is C15H12BrClO3. The summed E-state index contributed by atoms with van der Waals surface area (Å²) in [7, 11) is 0. The van der Waals surface area contributed by atoms with Crippen molar-refractivity contribution >= 4 is 33.5 Å². The molecule has 0 N–H and O–H groups in total. The van der Waals surface area contributed by atoms with Crippen LogP contribution in [0.5, 0.6) is 11.5 Å². The smallest absolute Gasteiger partial charge is 0.347 e. The summed E-state index contributed by atoms with van der Waals surface area (Å²) in [6, 6.07) is 11.8. The Bertz CT molecular complexity index is 611. The Hall–Kier alpha value is -1.52. The maximum absolute atomic E-state index is 12.2. The van der Waals surface area contributed by atoms with E-state index in [1.807, 2.05) is 13.0 Å². The van der Waals surface area contributed by atoms with Crippen molar-refractivity contribution in [2.24, 2.45) is 0 Å². The van der Waals surface area contributed by atoms with Crippen molar-refractivity contribution in [1.29, 1.82) is 0 Å². The fourth-order valence-electron chi connectivity index (χ4n) is 1.61. The lowest BCUT2D eigenvalue weighted by molar-refractivity contribution is 0.0730. The molecule has 20 heavy (non-hydrogen) atoms. The quantitative estimate of drug-likeness (QED) is 0.588. The predicted octanol–water partition coefficient (Wildman–Crippen LogP) is 4.72. The molecule has 0 fully saturated rings. The largest absolute Gasteiger partial charge is 0.493 e. The Morgan fingerprint density at radius 3 is 2.55 bits per heavy atom. The minimum absolute atomic E-state index is 0.371. The summed E-state index contributed by atoms with van der Waals surface area (Å²) in [5, 5.41) is 0.585. The molecule has 0 heterocycles. The third kappa shape index (κ3) is 3.74. The van der Waals surface area contributed by atoms with Gasteiger partial charge in [0.05, 0.1) is 6.61 Å². The molecule has 0 aliphatic rings. The van der Waals surface area contributed by atoms with Crippen LogP contribution in [-0.4, -0.2) is 12.6 Å². The molecule has 2 rings (SSSR count). The van der Waals surface area contributed by atoms with E-state index in [-0.39, 0.29) is 0 Å². The Balaban J connectivity index is 2.23. The van der Waals surface area contributed by atoms with Crippen LogP contribution >= 0.6 is 27.5 Å². The first-order valence-electron chi connectivity index (χ1n) is 6.00. The van der Waals surface area contributed by atoms with Crippen molar-refractivity contribution in [1.82, 2.24) is 0 Å². The first kappa shape index (κ1) is 14.9. The highest BCUT2D eigenvalue weighted by Crippen LogP contribution is 2.25. The number of halogens is 2. The Morgan fingerprint density at radius 1 is 1.20 bits per heavy atom. The summed E-state index contributed by atoms with van der Waals surface area (Å²) in [4.78, 5) is 12.2. The highest BCUT2D eigenvalue weighted by molar-refractivity contribution is 9.10. The number of ether oxygens (including phenoxy) is 2. The lowest BCUT2D eigenvalue weighted by Crippen LogP contribution is -2.11. The van der Waals surface area contributed by atoms with Gasteiger partial charge in [-0.15, -0.1) is 0 Å². The number of hydrogen-bond donors (Lipinski definition) is 0. The standard InChI is InChI=1S/C15H12BrClO3/c1-2-19-14-8-3-10(16)9-13(14)15(18)20-12-6-4-11(17)5-7-12/h3-9H,2H2,1H3. The molecule has 0 radical (unpaired) electrons. The molecule has 0 saturated heterocycles. The van der Waals surface area contributed by atoms with Crippen molar-refractivity contribution in [2.45, 2.75) is 6.92 Å². The van der Waals surface area contributed by atoms with Gasteiger partial charge in [-0.2, -0.15) is 0 Å². The van der Waals surface area contributed by atoms with Crippen molar-refractivity contribution in [2.75, 3.05) is 6.61 Å². The van der Waals surface area contributed by atoms with Crippen LogP contribution in [-0.2, 0) is 0 Å². The van der Waals surface area contributed by atoms with Gasteiger partial charge in [0, 0.05) is 9.50 Å². The monoisotopic (exact) mass is 354 g/mol. The van der Waals surface area contributed by atoms with Gasteiger partial charge in [0.2, 0.25) is 0 Å². The van der Waals surface area contributed by atoms with Crippen LogP contribution < -0.4 is 9.47 Å². The number of benzene rings is 2. The highest BCUT2D eigenvalue weighted by atomic mass is 79.9. The molecule has 0 bridgehead atoms. The van der Waals surface area contributed by atoms with Gasteiger partial charge in [-0.25, -0.2) is 4.79 Å². The lowest BCUT2D eigenvalue weighted by Gasteiger charge is -2.10. The van der Waals surface area contributed by atoms with Gasteiger partial charge in [0.1, 0.15) is 17.1 Å². The van der Waals surface area contributed by atoms with Gasteiger partial charge in [-0.3, -0.25) is 0 Å². The second kappa shape index (κ2) is 6.77.